The maximum absolute atomic E-state index is 5.72. The molecule has 2 N–H and O–H groups in total. The van der Waals surface area contributed by atoms with Crippen LogP contribution < -0.4 is 5.73 Å². The quantitative estimate of drug-likeness (QED) is 0.763. The van der Waals surface area contributed by atoms with Crippen LogP contribution in [-0.4, -0.2) is 6.54 Å². The van der Waals surface area contributed by atoms with Crippen LogP contribution in [0.15, 0.2) is 17.5 Å². The van der Waals surface area contributed by atoms with Crippen LogP contribution >= 0.6 is 11.3 Å². The van der Waals surface area contributed by atoms with Gasteiger partial charge in [-0.15, -0.1) is 11.3 Å². The molecule has 12 heavy (non-hydrogen) atoms. The molecule has 2 heteroatoms. The highest BCUT2D eigenvalue weighted by Crippen LogP contribution is 2.26. The molecule has 0 aliphatic rings. The summed E-state index contributed by atoms with van der Waals surface area (Å²) in [7, 11) is 0. The van der Waals surface area contributed by atoms with E-state index in [9.17, 15) is 0 Å². The summed E-state index contributed by atoms with van der Waals surface area (Å²) in [4.78, 5) is 1.44. The Hall–Kier alpha value is -0.340. The number of nitrogens with two attached hydrogens (primary N) is 1. The minimum atomic E-state index is 0.574. The zero-order valence-corrected chi connectivity index (χ0v) is 8.60. The standard InChI is InChI=1S/C10H17NS/c1-8(2)6-9(7-11)10-4-3-5-12-10/h3-5,8-9H,6-7,11H2,1-2H3. The summed E-state index contributed by atoms with van der Waals surface area (Å²) in [6.45, 7) is 5.27. The number of rotatable bonds is 4. The Morgan fingerprint density at radius 3 is 2.67 bits per heavy atom. The van der Waals surface area contributed by atoms with Gasteiger partial charge in [0.1, 0.15) is 0 Å². The average Bonchev–Trinajstić information content (AvgIpc) is 2.51. The van der Waals surface area contributed by atoms with Crippen molar-refractivity contribution in [3.8, 4) is 0 Å². The average molecular weight is 183 g/mol. The van der Waals surface area contributed by atoms with Gasteiger partial charge in [0, 0.05) is 10.8 Å². The molecule has 0 spiro atoms. The molecule has 1 heterocycles. The molecule has 1 atom stereocenters. The third-order valence-corrected chi connectivity index (χ3v) is 3.02. The summed E-state index contributed by atoms with van der Waals surface area (Å²) in [6, 6.07) is 4.29. The second-order valence-electron chi connectivity index (χ2n) is 3.58. The Morgan fingerprint density at radius 2 is 2.25 bits per heavy atom. The van der Waals surface area contributed by atoms with Gasteiger partial charge in [0.2, 0.25) is 0 Å². The van der Waals surface area contributed by atoms with Crippen LogP contribution in [0.1, 0.15) is 31.1 Å². The molecule has 0 bridgehead atoms. The van der Waals surface area contributed by atoms with Gasteiger partial charge < -0.3 is 5.73 Å². The van der Waals surface area contributed by atoms with E-state index >= 15 is 0 Å². The Morgan fingerprint density at radius 1 is 1.50 bits per heavy atom. The van der Waals surface area contributed by atoms with Crippen molar-refractivity contribution in [3.63, 3.8) is 0 Å². The zero-order chi connectivity index (χ0) is 8.97. The second kappa shape index (κ2) is 4.63. The van der Waals surface area contributed by atoms with E-state index in [1.807, 2.05) is 11.3 Å². The molecule has 1 nitrogen and oxygen atoms in total. The molecule has 0 aliphatic carbocycles. The molecular weight excluding hydrogens is 166 g/mol. The van der Waals surface area contributed by atoms with Crippen molar-refractivity contribution in [1.82, 2.24) is 0 Å². The second-order valence-corrected chi connectivity index (χ2v) is 4.56. The highest BCUT2D eigenvalue weighted by molar-refractivity contribution is 7.10. The van der Waals surface area contributed by atoms with Gasteiger partial charge in [0.25, 0.3) is 0 Å². The van der Waals surface area contributed by atoms with Crippen molar-refractivity contribution in [2.45, 2.75) is 26.2 Å². The molecule has 1 aromatic heterocycles. The Balaban J connectivity index is 2.57. The molecular formula is C10H17NS. The smallest absolute Gasteiger partial charge is 0.00888 e. The first kappa shape index (κ1) is 9.75. The van der Waals surface area contributed by atoms with Crippen molar-refractivity contribution < 1.29 is 0 Å². The van der Waals surface area contributed by atoms with Gasteiger partial charge >= 0.3 is 0 Å². The summed E-state index contributed by atoms with van der Waals surface area (Å²) < 4.78 is 0. The summed E-state index contributed by atoms with van der Waals surface area (Å²) in [5.41, 5.74) is 5.72. The lowest BCUT2D eigenvalue weighted by molar-refractivity contribution is 0.509. The number of hydrogen-bond donors (Lipinski definition) is 1. The van der Waals surface area contributed by atoms with E-state index in [-0.39, 0.29) is 0 Å². The fraction of sp³-hybridized carbons (Fsp3) is 0.600. The van der Waals surface area contributed by atoms with Crippen LogP contribution in [0.4, 0.5) is 0 Å². The van der Waals surface area contributed by atoms with E-state index < -0.39 is 0 Å². The lowest BCUT2D eigenvalue weighted by Gasteiger charge is -2.14. The topological polar surface area (TPSA) is 26.0 Å². The number of hydrogen-bond acceptors (Lipinski definition) is 2. The lowest BCUT2D eigenvalue weighted by atomic mass is 9.96. The highest BCUT2D eigenvalue weighted by atomic mass is 32.1. The molecule has 0 radical (unpaired) electrons. The van der Waals surface area contributed by atoms with Crippen molar-refractivity contribution in [1.29, 1.82) is 0 Å². The third-order valence-electron chi connectivity index (χ3n) is 1.99. The predicted molar refractivity (Wildman–Crippen MR) is 55.6 cm³/mol. The van der Waals surface area contributed by atoms with Gasteiger partial charge in [0.15, 0.2) is 0 Å². The van der Waals surface area contributed by atoms with Crippen molar-refractivity contribution in [3.05, 3.63) is 22.4 Å². The molecule has 0 aromatic carbocycles. The Bertz CT molecular complexity index is 204. The van der Waals surface area contributed by atoms with Crippen LogP contribution in [0.25, 0.3) is 0 Å². The summed E-state index contributed by atoms with van der Waals surface area (Å²) in [5.74, 6) is 1.31. The highest BCUT2D eigenvalue weighted by Gasteiger charge is 2.11. The molecule has 68 valence electrons. The van der Waals surface area contributed by atoms with E-state index in [0.717, 1.165) is 12.5 Å². The fourth-order valence-electron chi connectivity index (χ4n) is 1.42. The van der Waals surface area contributed by atoms with Gasteiger partial charge in [-0.3, -0.25) is 0 Å². The van der Waals surface area contributed by atoms with E-state index in [4.69, 9.17) is 5.73 Å². The van der Waals surface area contributed by atoms with Gasteiger partial charge in [-0.2, -0.15) is 0 Å². The summed E-state index contributed by atoms with van der Waals surface area (Å²) in [6.07, 6.45) is 1.21. The van der Waals surface area contributed by atoms with Gasteiger partial charge in [-0.1, -0.05) is 19.9 Å². The predicted octanol–water partition coefficient (Wildman–Crippen LogP) is 2.84. The van der Waals surface area contributed by atoms with Crippen LogP contribution in [0.5, 0.6) is 0 Å². The third kappa shape index (κ3) is 2.61. The molecule has 0 saturated carbocycles. The largest absolute Gasteiger partial charge is 0.330 e. The molecule has 1 rings (SSSR count). The molecule has 0 fully saturated rings. The van der Waals surface area contributed by atoms with Gasteiger partial charge in [0.05, 0.1) is 0 Å². The van der Waals surface area contributed by atoms with Crippen molar-refractivity contribution in [2.24, 2.45) is 11.7 Å². The first-order valence-corrected chi connectivity index (χ1v) is 5.35. The fourth-order valence-corrected chi connectivity index (χ4v) is 2.28. The van der Waals surface area contributed by atoms with Crippen molar-refractivity contribution >= 4 is 11.3 Å². The van der Waals surface area contributed by atoms with E-state index in [0.29, 0.717) is 5.92 Å². The molecule has 0 amide bonds. The van der Waals surface area contributed by atoms with Crippen LogP contribution in [0.3, 0.4) is 0 Å². The maximum atomic E-state index is 5.72. The Labute approximate surface area is 78.6 Å². The first-order chi connectivity index (χ1) is 5.74. The van der Waals surface area contributed by atoms with E-state index in [2.05, 4.69) is 31.4 Å². The van der Waals surface area contributed by atoms with E-state index in [1.165, 1.54) is 11.3 Å². The minimum Gasteiger partial charge on any atom is -0.330 e. The Kier molecular flexibility index (Phi) is 3.76. The maximum Gasteiger partial charge on any atom is 0.00888 e. The van der Waals surface area contributed by atoms with Gasteiger partial charge in [-0.05, 0) is 30.3 Å². The normalized spacial score (nSPS) is 13.7. The molecule has 0 saturated heterocycles. The first-order valence-electron chi connectivity index (χ1n) is 4.47. The van der Waals surface area contributed by atoms with Crippen LogP contribution in [-0.2, 0) is 0 Å². The van der Waals surface area contributed by atoms with E-state index in [1.54, 1.807) is 0 Å². The SMILES string of the molecule is CC(C)CC(CN)c1cccs1. The van der Waals surface area contributed by atoms with Gasteiger partial charge in [-0.25, -0.2) is 0 Å². The van der Waals surface area contributed by atoms with Crippen LogP contribution in [0.2, 0.25) is 0 Å². The number of thiophene rings is 1. The minimum absolute atomic E-state index is 0.574. The van der Waals surface area contributed by atoms with Crippen molar-refractivity contribution in [2.75, 3.05) is 6.54 Å². The monoisotopic (exact) mass is 183 g/mol. The molecule has 1 aromatic rings. The summed E-state index contributed by atoms with van der Waals surface area (Å²) in [5, 5.41) is 2.12. The van der Waals surface area contributed by atoms with Crippen LogP contribution in [0, 0.1) is 5.92 Å². The lowest BCUT2D eigenvalue weighted by Crippen LogP contribution is -2.13. The molecule has 0 aliphatic heterocycles. The zero-order valence-electron chi connectivity index (χ0n) is 7.79. The summed E-state index contributed by atoms with van der Waals surface area (Å²) >= 11 is 1.82. The molecule has 1 unspecified atom stereocenters.